The first-order valence-corrected chi connectivity index (χ1v) is 5.61. The molecule has 1 aromatic rings. The number of benzene rings is 1. The lowest BCUT2D eigenvalue weighted by atomic mass is 9.94. The standard InChI is InChI=1S/C13H18N2O3/c1-9(16)10-4-6-11(7-5-10)18-8-13(2,3)12(17)15-14/h4-7H,8,14H2,1-3H3,(H,15,17). The number of amides is 1. The molecular weight excluding hydrogens is 232 g/mol. The summed E-state index contributed by atoms with van der Waals surface area (Å²) in [6.07, 6.45) is 0. The summed E-state index contributed by atoms with van der Waals surface area (Å²) in [4.78, 5) is 22.5. The molecule has 0 saturated carbocycles. The Hall–Kier alpha value is -1.88. The fraction of sp³-hybridized carbons (Fsp3) is 0.385. The first-order chi connectivity index (χ1) is 8.36. The van der Waals surface area contributed by atoms with E-state index in [-0.39, 0.29) is 18.3 Å². The number of rotatable bonds is 5. The van der Waals surface area contributed by atoms with E-state index in [1.807, 2.05) is 0 Å². The molecule has 0 spiro atoms. The molecule has 1 rings (SSSR count). The Morgan fingerprint density at radius 1 is 1.28 bits per heavy atom. The van der Waals surface area contributed by atoms with Crippen molar-refractivity contribution in [2.24, 2.45) is 11.3 Å². The quantitative estimate of drug-likeness (QED) is 0.357. The van der Waals surface area contributed by atoms with Gasteiger partial charge in [0.25, 0.3) is 0 Å². The largest absolute Gasteiger partial charge is 0.492 e. The van der Waals surface area contributed by atoms with Crippen LogP contribution in [0, 0.1) is 5.41 Å². The third-order valence-electron chi connectivity index (χ3n) is 2.61. The second-order valence-electron chi connectivity index (χ2n) is 4.73. The Morgan fingerprint density at radius 2 is 1.83 bits per heavy atom. The van der Waals surface area contributed by atoms with Crippen molar-refractivity contribution < 1.29 is 14.3 Å². The van der Waals surface area contributed by atoms with E-state index in [9.17, 15) is 9.59 Å². The summed E-state index contributed by atoms with van der Waals surface area (Å²) in [6, 6.07) is 6.78. The highest BCUT2D eigenvalue weighted by Crippen LogP contribution is 2.19. The molecule has 3 N–H and O–H groups in total. The Bertz CT molecular complexity index is 438. The minimum Gasteiger partial charge on any atom is -0.492 e. The second-order valence-corrected chi connectivity index (χ2v) is 4.73. The number of carbonyl (C=O) groups excluding carboxylic acids is 2. The number of nitrogens with one attached hydrogen (secondary N) is 1. The molecule has 0 aliphatic rings. The highest BCUT2D eigenvalue weighted by molar-refractivity contribution is 5.94. The van der Waals surface area contributed by atoms with Crippen molar-refractivity contribution in [2.45, 2.75) is 20.8 Å². The minimum absolute atomic E-state index is 0.00406. The summed E-state index contributed by atoms with van der Waals surface area (Å²) < 4.78 is 5.50. The topological polar surface area (TPSA) is 81.4 Å². The molecular formula is C13H18N2O3. The number of ether oxygens (including phenoxy) is 1. The molecule has 0 heterocycles. The number of hydrogen-bond acceptors (Lipinski definition) is 4. The summed E-state index contributed by atoms with van der Waals surface area (Å²) in [5.74, 6) is 5.41. The van der Waals surface area contributed by atoms with Gasteiger partial charge in [-0.2, -0.15) is 0 Å². The lowest BCUT2D eigenvalue weighted by molar-refractivity contribution is -0.130. The van der Waals surface area contributed by atoms with Crippen LogP contribution in [-0.2, 0) is 4.79 Å². The van der Waals surface area contributed by atoms with Crippen LogP contribution in [0.2, 0.25) is 0 Å². The Kier molecular flexibility index (Phi) is 4.44. The fourth-order valence-electron chi connectivity index (χ4n) is 1.31. The summed E-state index contributed by atoms with van der Waals surface area (Å²) in [5.41, 5.74) is 2.01. The fourth-order valence-corrected chi connectivity index (χ4v) is 1.31. The van der Waals surface area contributed by atoms with Crippen molar-refractivity contribution in [1.29, 1.82) is 0 Å². The lowest BCUT2D eigenvalue weighted by Crippen LogP contribution is -2.44. The first-order valence-electron chi connectivity index (χ1n) is 5.61. The molecule has 1 amide bonds. The van der Waals surface area contributed by atoms with E-state index in [1.165, 1.54) is 6.92 Å². The van der Waals surface area contributed by atoms with Crippen LogP contribution >= 0.6 is 0 Å². The van der Waals surface area contributed by atoms with Crippen LogP contribution in [0.4, 0.5) is 0 Å². The minimum atomic E-state index is -0.714. The number of hydrazine groups is 1. The highest BCUT2D eigenvalue weighted by Gasteiger charge is 2.27. The zero-order valence-electron chi connectivity index (χ0n) is 10.8. The van der Waals surface area contributed by atoms with Crippen molar-refractivity contribution in [3.05, 3.63) is 29.8 Å². The zero-order chi connectivity index (χ0) is 13.8. The first kappa shape index (κ1) is 14.2. The lowest BCUT2D eigenvalue weighted by Gasteiger charge is -2.22. The van der Waals surface area contributed by atoms with Crippen molar-refractivity contribution >= 4 is 11.7 Å². The molecule has 18 heavy (non-hydrogen) atoms. The van der Waals surface area contributed by atoms with Gasteiger partial charge in [-0.25, -0.2) is 5.84 Å². The second kappa shape index (κ2) is 5.64. The zero-order valence-corrected chi connectivity index (χ0v) is 10.8. The van der Waals surface area contributed by atoms with Crippen LogP contribution in [0.25, 0.3) is 0 Å². The Labute approximate surface area is 106 Å². The third-order valence-corrected chi connectivity index (χ3v) is 2.61. The van der Waals surface area contributed by atoms with Crippen LogP contribution in [0.5, 0.6) is 5.75 Å². The van der Waals surface area contributed by atoms with Gasteiger partial charge in [0.1, 0.15) is 12.4 Å². The van der Waals surface area contributed by atoms with Gasteiger partial charge in [-0.05, 0) is 45.0 Å². The molecule has 5 heteroatoms. The Morgan fingerprint density at radius 3 is 2.28 bits per heavy atom. The third kappa shape index (κ3) is 3.56. The average molecular weight is 250 g/mol. The molecule has 0 aromatic heterocycles. The van der Waals surface area contributed by atoms with E-state index in [0.717, 1.165) is 0 Å². The van der Waals surface area contributed by atoms with Gasteiger partial charge in [-0.1, -0.05) is 0 Å². The summed E-state index contributed by atoms with van der Waals surface area (Å²) in [6.45, 7) is 5.18. The van der Waals surface area contributed by atoms with E-state index in [4.69, 9.17) is 10.6 Å². The number of Topliss-reactive ketones (excluding diaryl/α,β-unsaturated/α-hetero) is 1. The Balaban J connectivity index is 2.64. The molecule has 98 valence electrons. The summed E-state index contributed by atoms with van der Waals surface area (Å²) in [5, 5.41) is 0. The number of ketones is 1. The van der Waals surface area contributed by atoms with Gasteiger partial charge < -0.3 is 4.74 Å². The van der Waals surface area contributed by atoms with E-state index in [2.05, 4.69) is 5.43 Å². The van der Waals surface area contributed by atoms with Crippen molar-refractivity contribution in [2.75, 3.05) is 6.61 Å². The number of hydrogen-bond donors (Lipinski definition) is 2. The predicted molar refractivity (Wildman–Crippen MR) is 68.1 cm³/mol. The van der Waals surface area contributed by atoms with Crippen LogP contribution in [0.15, 0.2) is 24.3 Å². The predicted octanol–water partition coefficient (Wildman–Crippen LogP) is 1.28. The van der Waals surface area contributed by atoms with Gasteiger partial charge in [0.2, 0.25) is 5.91 Å². The molecule has 0 aliphatic heterocycles. The van der Waals surface area contributed by atoms with Crippen molar-refractivity contribution in [1.82, 2.24) is 5.43 Å². The highest BCUT2D eigenvalue weighted by atomic mass is 16.5. The van der Waals surface area contributed by atoms with Gasteiger partial charge in [-0.15, -0.1) is 0 Å². The average Bonchev–Trinajstić information content (AvgIpc) is 2.35. The van der Waals surface area contributed by atoms with Gasteiger partial charge >= 0.3 is 0 Å². The SMILES string of the molecule is CC(=O)c1ccc(OCC(C)(C)C(=O)NN)cc1. The van der Waals surface area contributed by atoms with Crippen LogP contribution in [0.1, 0.15) is 31.1 Å². The van der Waals surface area contributed by atoms with E-state index < -0.39 is 5.41 Å². The molecule has 0 atom stereocenters. The molecule has 5 nitrogen and oxygen atoms in total. The van der Waals surface area contributed by atoms with Crippen molar-refractivity contribution in [3.63, 3.8) is 0 Å². The van der Waals surface area contributed by atoms with E-state index >= 15 is 0 Å². The molecule has 1 aromatic carbocycles. The van der Waals surface area contributed by atoms with Gasteiger partial charge in [0.05, 0.1) is 5.41 Å². The van der Waals surface area contributed by atoms with E-state index in [0.29, 0.717) is 11.3 Å². The maximum Gasteiger partial charge on any atom is 0.242 e. The van der Waals surface area contributed by atoms with Crippen LogP contribution in [0.3, 0.4) is 0 Å². The normalized spacial score (nSPS) is 10.9. The summed E-state index contributed by atoms with van der Waals surface area (Å²) in [7, 11) is 0. The molecule has 0 fully saturated rings. The van der Waals surface area contributed by atoms with Gasteiger partial charge in [0, 0.05) is 5.56 Å². The van der Waals surface area contributed by atoms with Crippen LogP contribution in [-0.4, -0.2) is 18.3 Å². The molecule has 0 saturated heterocycles. The van der Waals surface area contributed by atoms with Gasteiger partial charge in [-0.3, -0.25) is 15.0 Å². The smallest absolute Gasteiger partial charge is 0.242 e. The van der Waals surface area contributed by atoms with Crippen LogP contribution < -0.4 is 16.0 Å². The maximum absolute atomic E-state index is 11.4. The maximum atomic E-state index is 11.4. The van der Waals surface area contributed by atoms with Gasteiger partial charge in [0.15, 0.2) is 5.78 Å². The number of nitrogens with two attached hydrogens (primary N) is 1. The number of carbonyl (C=O) groups is 2. The molecule has 0 aliphatic carbocycles. The monoisotopic (exact) mass is 250 g/mol. The van der Waals surface area contributed by atoms with Crippen molar-refractivity contribution in [3.8, 4) is 5.75 Å². The molecule has 0 bridgehead atoms. The molecule has 0 radical (unpaired) electrons. The van der Waals surface area contributed by atoms with E-state index in [1.54, 1.807) is 38.1 Å². The molecule has 0 unspecified atom stereocenters. The summed E-state index contributed by atoms with van der Waals surface area (Å²) >= 11 is 0.